The van der Waals surface area contributed by atoms with Gasteiger partial charge in [-0.05, 0) is 101 Å². The highest BCUT2D eigenvalue weighted by molar-refractivity contribution is 6.06. The van der Waals surface area contributed by atoms with Gasteiger partial charge >= 0.3 is 5.97 Å². The van der Waals surface area contributed by atoms with Crippen LogP contribution >= 0.6 is 0 Å². The van der Waals surface area contributed by atoms with Gasteiger partial charge in [0.1, 0.15) is 5.60 Å². The van der Waals surface area contributed by atoms with Gasteiger partial charge < -0.3 is 39.6 Å². The summed E-state index contributed by atoms with van der Waals surface area (Å²) in [5, 5.41) is 3.08. The molecule has 1 aliphatic rings. The molecule has 4 rings (SSSR count). The lowest BCUT2D eigenvalue weighted by molar-refractivity contribution is -0.156. The maximum atomic E-state index is 13.5. The van der Waals surface area contributed by atoms with Gasteiger partial charge in [-0.2, -0.15) is 0 Å². The Bertz CT molecular complexity index is 1590. The number of pyridine rings is 1. The molecule has 0 unspecified atom stereocenters. The summed E-state index contributed by atoms with van der Waals surface area (Å²) in [4.78, 5) is 43.9. The number of piperidine rings is 1. The number of nitrogens with two attached hydrogens (primary N) is 1. The second kappa shape index (κ2) is 21.2. The number of aromatic nitrogens is 1. The number of aryl methyl sites for hydroxylation is 1. The third kappa shape index (κ3) is 14.3. The molecule has 1 saturated heterocycles. The number of nitrogens with one attached hydrogen (secondary N) is 1. The largest absolute Gasteiger partial charge is 0.460 e. The van der Waals surface area contributed by atoms with Crippen molar-refractivity contribution >= 4 is 29.2 Å². The number of hydrogen-bond acceptors (Lipinski definition) is 10. The lowest BCUT2D eigenvalue weighted by Crippen LogP contribution is -2.29. The van der Waals surface area contributed by atoms with Crippen LogP contribution in [0.1, 0.15) is 79.2 Å². The van der Waals surface area contributed by atoms with Crippen LogP contribution in [0.3, 0.4) is 0 Å². The SMILES string of the molecule is CC(C)(C)OC(=O)CCOCCOCCOCCOCCCc1cccc(C(=O)Nc2ccc(N3CCCCC3)cc2-c2cc(C(N)=O)ccn2)c1. The number of esters is 1. The molecule has 2 aromatic carbocycles. The van der Waals surface area contributed by atoms with Crippen molar-refractivity contribution < 1.29 is 38.1 Å². The highest BCUT2D eigenvalue weighted by Crippen LogP contribution is 2.33. The third-order valence-electron chi connectivity index (χ3n) is 8.22. The van der Waals surface area contributed by atoms with E-state index in [0.717, 1.165) is 55.6 Å². The average molecular weight is 719 g/mol. The summed E-state index contributed by atoms with van der Waals surface area (Å²) < 4.78 is 27.4. The van der Waals surface area contributed by atoms with Gasteiger partial charge in [-0.1, -0.05) is 12.1 Å². The Hall–Kier alpha value is -4.36. The molecular weight excluding hydrogens is 664 g/mol. The number of carbonyl (C=O) groups excluding carboxylic acids is 3. The Balaban J connectivity index is 1.15. The molecule has 0 bridgehead atoms. The van der Waals surface area contributed by atoms with Gasteiger partial charge in [-0.25, -0.2) is 0 Å². The van der Waals surface area contributed by atoms with Gasteiger partial charge in [0, 0.05) is 48.3 Å². The van der Waals surface area contributed by atoms with Crippen molar-refractivity contribution in [1.29, 1.82) is 0 Å². The van der Waals surface area contributed by atoms with Crippen molar-refractivity contribution in [3.63, 3.8) is 0 Å². The Labute approximate surface area is 307 Å². The topological polar surface area (TPSA) is 152 Å². The summed E-state index contributed by atoms with van der Waals surface area (Å²) in [5.74, 6) is -1.04. The lowest BCUT2D eigenvalue weighted by Gasteiger charge is -2.29. The molecule has 3 aromatic rings. The number of carbonyl (C=O) groups is 3. The molecule has 3 N–H and O–H groups in total. The Morgan fingerprint density at radius 1 is 0.788 bits per heavy atom. The number of amides is 2. The number of primary amides is 1. The molecule has 0 saturated carbocycles. The third-order valence-corrected chi connectivity index (χ3v) is 8.22. The fourth-order valence-electron chi connectivity index (χ4n) is 5.68. The standard InChI is InChI=1S/C40H54N4O8/c1-40(2,3)52-37(45)15-20-49-22-24-51-26-25-50-23-21-48-19-8-10-30-9-7-11-32(27-30)39(47)43-35-13-12-33(44-17-5-4-6-18-44)29-34(35)36-28-31(38(41)46)14-16-42-36/h7,9,11-14,16,27-29H,4-6,8,10,15,17-26H2,1-3H3,(H2,41,46)(H,43,47). The minimum atomic E-state index is -0.535. The second-order valence-corrected chi connectivity index (χ2v) is 13.6. The molecule has 1 aliphatic heterocycles. The lowest BCUT2D eigenvalue weighted by atomic mass is 10.0. The van der Waals surface area contributed by atoms with Crippen LogP contribution in [-0.4, -0.2) is 94.3 Å². The molecule has 0 aliphatic carbocycles. The van der Waals surface area contributed by atoms with E-state index in [1.807, 2.05) is 57.2 Å². The Morgan fingerprint density at radius 2 is 1.46 bits per heavy atom. The summed E-state index contributed by atoms with van der Waals surface area (Å²) in [6.07, 6.45) is 6.83. The van der Waals surface area contributed by atoms with Crippen molar-refractivity contribution in [3.05, 3.63) is 77.5 Å². The van der Waals surface area contributed by atoms with Crippen molar-refractivity contribution in [2.24, 2.45) is 5.73 Å². The van der Waals surface area contributed by atoms with Gasteiger partial charge in [0.05, 0.1) is 64.1 Å². The number of ether oxygens (including phenoxy) is 5. The predicted octanol–water partition coefficient (Wildman–Crippen LogP) is 5.82. The number of nitrogens with zero attached hydrogens (tertiary/aromatic N) is 2. The summed E-state index contributed by atoms with van der Waals surface area (Å²) in [5.41, 5.74) is 9.95. The fraction of sp³-hybridized carbons (Fsp3) is 0.500. The zero-order valence-electron chi connectivity index (χ0n) is 30.8. The van der Waals surface area contributed by atoms with Crippen molar-refractivity contribution in [3.8, 4) is 11.3 Å². The van der Waals surface area contributed by atoms with E-state index < -0.39 is 11.5 Å². The van der Waals surface area contributed by atoms with E-state index in [-0.39, 0.29) is 18.3 Å². The number of benzene rings is 2. The molecule has 282 valence electrons. The minimum absolute atomic E-state index is 0.218. The van der Waals surface area contributed by atoms with E-state index in [1.54, 1.807) is 24.4 Å². The smallest absolute Gasteiger partial charge is 0.308 e. The van der Waals surface area contributed by atoms with Crippen LogP contribution < -0.4 is 16.0 Å². The van der Waals surface area contributed by atoms with Crippen molar-refractivity contribution in [1.82, 2.24) is 4.98 Å². The van der Waals surface area contributed by atoms with Crippen LogP contribution in [0, 0.1) is 0 Å². The molecule has 12 heteroatoms. The number of hydrogen-bond donors (Lipinski definition) is 2. The van der Waals surface area contributed by atoms with E-state index in [4.69, 9.17) is 29.4 Å². The number of rotatable bonds is 21. The summed E-state index contributed by atoms with van der Waals surface area (Å²) in [6.45, 7) is 11.0. The normalized spacial score (nSPS) is 13.2. The summed E-state index contributed by atoms with van der Waals surface area (Å²) >= 11 is 0. The predicted molar refractivity (Wildman–Crippen MR) is 201 cm³/mol. The Kier molecular flexibility index (Phi) is 16.5. The van der Waals surface area contributed by atoms with Crippen LogP contribution in [-0.2, 0) is 34.9 Å². The quantitative estimate of drug-likeness (QED) is 0.102. The summed E-state index contributed by atoms with van der Waals surface area (Å²) in [6, 6.07) is 16.8. The fourth-order valence-corrected chi connectivity index (χ4v) is 5.68. The van der Waals surface area contributed by atoms with Gasteiger partial charge in [0.2, 0.25) is 5.91 Å². The van der Waals surface area contributed by atoms with E-state index in [9.17, 15) is 14.4 Å². The first kappa shape index (κ1) is 40.4. The number of anilines is 2. The molecular formula is C40H54N4O8. The van der Waals surface area contributed by atoms with Crippen molar-refractivity contribution in [2.45, 2.75) is 64.9 Å². The van der Waals surface area contributed by atoms with Crippen LogP contribution in [0.4, 0.5) is 11.4 Å². The van der Waals surface area contributed by atoms with Gasteiger partial charge in [0.15, 0.2) is 0 Å². The monoisotopic (exact) mass is 718 g/mol. The van der Waals surface area contributed by atoms with Crippen LogP contribution in [0.2, 0.25) is 0 Å². The first-order valence-electron chi connectivity index (χ1n) is 18.2. The molecule has 2 amide bonds. The molecule has 1 fully saturated rings. The van der Waals surface area contributed by atoms with Crippen LogP contribution in [0.5, 0.6) is 0 Å². The maximum Gasteiger partial charge on any atom is 0.308 e. The zero-order valence-corrected chi connectivity index (χ0v) is 30.8. The van der Waals surface area contributed by atoms with E-state index in [2.05, 4.69) is 15.2 Å². The van der Waals surface area contributed by atoms with E-state index in [1.165, 1.54) is 6.42 Å². The van der Waals surface area contributed by atoms with Crippen LogP contribution in [0.25, 0.3) is 11.3 Å². The van der Waals surface area contributed by atoms with Crippen LogP contribution in [0.15, 0.2) is 60.8 Å². The van der Waals surface area contributed by atoms with Crippen molar-refractivity contribution in [2.75, 3.05) is 76.2 Å². The maximum absolute atomic E-state index is 13.5. The molecule has 0 spiro atoms. The first-order chi connectivity index (χ1) is 25.1. The first-order valence-corrected chi connectivity index (χ1v) is 18.2. The molecule has 0 atom stereocenters. The summed E-state index contributed by atoms with van der Waals surface area (Å²) in [7, 11) is 0. The Morgan fingerprint density at radius 3 is 2.13 bits per heavy atom. The van der Waals surface area contributed by atoms with Gasteiger partial charge in [0.25, 0.3) is 5.91 Å². The molecule has 0 radical (unpaired) electrons. The molecule has 52 heavy (non-hydrogen) atoms. The molecule has 1 aromatic heterocycles. The van der Waals surface area contributed by atoms with E-state index in [0.29, 0.717) is 75.4 Å². The average Bonchev–Trinajstić information content (AvgIpc) is 3.13. The minimum Gasteiger partial charge on any atom is -0.460 e. The molecule has 12 nitrogen and oxygen atoms in total. The highest BCUT2D eigenvalue weighted by atomic mass is 16.6. The van der Waals surface area contributed by atoms with Gasteiger partial charge in [-0.3, -0.25) is 19.4 Å². The zero-order chi connectivity index (χ0) is 37.2. The van der Waals surface area contributed by atoms with E-state index >= 15 is 0 Å². The highest BCUT2D eigenvalue weighted by Gasteiger charge is 2.18. The van der Waals surface area contributed by atoms with Gasteiger partial charge in [-0.15, -0.1) is 0 Å². The second-order valence-electron chi connectivity index (χ2n) is 13.6. The molecule has 2 heterocycles.